The van der Waals surface area contributed by atoms with Crippen molar-refractivity contribution in [1.29, 1.82) is 0 Å². The van der Waals surface area contributed by atoms with Gasteiger partial charge in [0.05, 0.1) is 24.3 Å². The molecule has 3 aromatic heterocycles. The van der Waals surface area contributed by atoms with Gasteiger partial charge in [0.25, 0.3) is 0 Å². The van der Waals surface area contributed by atoms with Gasteiger partial charge in [-0.15, -0.1) is 0 Å². The normalized spacial score (nSPS) is 15.9. The van der Waals surface area contributed by atoms with Crippen molar-refractivity contribution in [3.05, 3.63) is 73.2 Å². The minimum atomic E-state index is 0.184. The van der Waals surface area contributed by atoms with E-state index in [4.69, 9.17) is 9.40 Å². The Morgan fingerprint density at radius 2 is 1.89 bits per heavy atom. The summed E-state index contributed by atoms with van der Waals surface area (Å²) in [6, 6.07) is 14.5. The monoisotopic (exact) mass is 373 g/mol. The predicted molar refractivity (Wildman–Crippen MR) is 108 cm³/mol. The highest BCUT2D eigenvalue weighted by Crippen LogP contribution is 2.33. The lowest BCUT2D eigenvalue weighted by Gasteiger charge is -2.26. The van der Waals surface area contributed by atoms with Gasteiger partial charge in [0, 0.05) is 24.5 Å². The molecule has 28 heavy (non-hydrogen) atoms. The van der Waals surface area contributed by atoms with Gasteiger partial charge < -0.3 is 14.0 Å². The Balaban J connectivity index is 1.57. The molecule has 1 fully saturated rings. The van der Waals surface area contributed by atoms with Crippen LogP contribution in [-0.4, -0.2) is 37.5 Å². The second-order valence-corrected chi connectivity index (χ2v) is 7.17. The van der Waals surface area contributed by atoms with E-state index in [0.29, 0.717) is 0 Å². The van der Waals surface area contributed by atoms with E-state index in [1.54, 1.807) is 12.5 Å². The van der Waals surface area contributed by atoms with Gasteiger partial charge in [-0.3, -0.25) is 4.90 Å². The van der Waals surface area contributed by atoms with Crippen LogP contribution in [-0.2, 0) is 6.54 Å². The molecule has 6 heteroatoms. The zero-order valence-electron chi connectivity index (χ0n) is 15.7. The topological polar surface area (TPSA) is 62.9 Å². The van der Waals surface area contributed by atoms with Gasteiger partial charge in [-0.2, -0.15) is 0 Å². The molecule has 6 nitrogen and oxygen atoms in total. The van der Waals surface area contributed by atoms with E-state index in [0.717, 1.165) is 48.2 Å². The molecule has 0 unspecified atom stereocenters. The van der Waals surface area contributed by atoms with Crippen molar-refractivity contribution in [2.45, 2.75) is 25.4 Å². The highest BCUT2D eigenvalue weighted by atomic mass is 16.3. The number of benzene rings is 1. The van der Waals surface area contributed by atoms with Crippen LogP contribution in [0.4, 0.5) is 0 Å². The quantitative estimate of drug-likeness (QED) is 0.545. The Labute approximate surface area is 163 Å². The summed E-state index contributed by atoms with van der Waals surface area (Å²) >= 11 is 0. The number of H-pyrrole nitrogens is 1. The Morgan fingerprint density at radius 3 is 2.61 bits per heavy atom. The van der Waals surface area contributed by atoms with Gasteiger partial charge in [0.15, 0.2) is 5.82 Å². The Kier molecular flexibility index (Phi) is 4.54. The average Bonchev–Trinajstić information content (AvgIpc) is 3.54. The van der Waals surface area contributed by atoms with Crippen LogP contribution in [0.2, 0.25) is 0 Å². The average molecular weight is 373 g/mol. The lowest BCUT2D eigenvalue weighted by molar-refractivity contribution is 0.194. The molecule has 1 N–H and O–H groups in total. The maximum absolute atomic E-state index is 5.80. The molecule has 142 valence electrons. The fraction of sp³-hybridized carbons (Fsp3) is 0.273. The molecule has 1 atom stereocenters. The van der Waals surface area contributed by atoms with E-state index in [1.807, 2.05) is 36.8 Å². The Bertz CT molecular complexity index is 999. The molecule has 1 aromatic carbocycles. The van der Waals surface area contributed by atoms with E-state index >= 15 is 0 Å². The van der Waals surface area contributed by atoms with Gasteiger partial charge in [0.2, 0.25) is 0 Å². The maximum atomic E-state index is 5.80. The number of rotatable bonds is 6. The molecule has 0 radical (unpaired) electrons. The van der Waals surface area contributed by atoms with E-state index in [2.05, 4.69) is 37.6 Å². The first kappa shape index (κ1) is 17.0. The van der Waals surface area contributed by atoms with E-state index < -0.39 is 0 Å². The number of hydrogen-bond acceptors (Lipinski definition) is 4. The molecule has 0 bridgehead atoms. The van der Waals surface area contributed by atoms with Crippen molar-refractivity contribution >= 4 is 0 Å². The number of furan rings is 1. The molecule has 0 aliphatic carbocycles. The van der Waals surface area contributed by atoms with Gasteiger partial charge in [-0.25, -0.2) is 9.97 Å². The molecule has 5 rings (SSSR count). The van der Waals surface area contributed by atoms with Crippen molar-refractivity contribution in [3.63, 3.8) is 0 Å². The number of likely N-dealkylation sites (tertiary alicyclic amines) is 1. The first-order valence-electron chi connectivity index (χ1n) is 9.78. The third-order valence-corrected chi connectivity index (χ3v) is 5.43. The number of hydrogen-bond donors (Lipinski definition) is 1. The first-order valence-corrected chi connectivity index (χ1v) is 9.78. The smallest absolute Gasteiger partial charge is 0.156 e. The third-order valence-electron chi connectivity index (χ3n) is 5.43. The highest BCUT2D eigenvalue weighted by Gasteiger charge is 2.28. The molecule has 1 aliphatic rings. The summed E-state index contributed by atoms with van der Waals surface area (Å²) in [6.07, 6.45) is 9.79. The number of nitrogens with zero attached hydrogens (tertiary/aromatic N) is 4. The minimum Gasteiger partial charge on any atom is -0.468 e. The summed E-state index contributed by atoms with van der Waals surface area (Å²) in [6.45, 7) is 2.97. The molecule has 1 saturated heterocycles. The standard InChI is InChI=1S/C22H23N5O/c1-2-7-17(8-3-1)20-21(22-23-10-11-24-22)27(16-25-20)15-18(19-9-6-14-28-19)26-12-4-5-13-26/h1-3,6-11,14,16,18H,4-5,12-13,15H2,(H,23,24)/t18-/m1/s1. The first-order chi connectivity index (χ1) is 13.9. The predicted octanol–water partition coefficient (Wildman–Crippen LogP) is 4.37. The zero-order valence-corrected chi connectivity index (χ0v) is 15.7. The summed E-state index contributed by atoms with van der Waals surface area (Å²) in [5.74, 6) is 1.83. The second-order valence-electron chi connectivity index (χ2n) is 7.17. The van der Waals surface area contributed by atoms with Crippen LogP contribution >= 0.6 is 0 Å². The summed E-state index contributed by atoms with van der Waals surface area (Å²) in [4.78, 5) is 15.0. The van der Waals surface area contributed by atoms with Gasteiger partial charge in [-0.1, -0.05) is 30.3 Å². The molecule has 0 spiro atoms. The molecule has 0 saturated carbocycles. The molecule has 4 heterocycles. The summed E-state index contributed by atoms with van der Waals surface area (Å²) in [5, 5.41) is 0. The SMILES string of the molecule is c1ccc(-c2ncn(C[C@H](c3ccco3)N3CCCC3)c2-c2ncc[nH]2)cc1. The van der Waals surface area contributed by atoms with Crippen molar-refractivity contribution in [1.82, 2.24) is 24.4 Å². The zero-order chi connectivity index (χ0) is 18.8. The Morgan fingerprint density at radius 1 is 1.04 bits per heavy atom. The van der Waals surface area contributed by atoms with Crippen LogP contribution in [0.5, 0.6) is 0 Å². The van der Waals surface area contributed by atoms with Gasteiger partial charge in [-0.05, 0) is 38.1 Å². The van der Waals surface area contributed by atoms with Crippen LogP contribution in [0.3, 0.4) is 0 Å². The van der Waals surface area contributed by atoms with Gasteiger partial charge >= 0.3 is 0 Å². The summed E-state index contributed by atoms with van der Waals surface area (Å²) < 4.78 is 8.00. The third kappa shape index (κ3) is 3.16. The number of imidazole rings is 2. The van der Waals surface area contributed by atoms with Crippen LogP contribution in [0.15, 0.2) is 71.9 Å². The van der Waals surface area contributed by atoms with Crippen LogP contribution in [0.1, 0.15) is 24.6 Å². The minimum absolute atomic E-state index is 0.184. The van der Waals surface area contributed by atoms with Crippen molar-refractivity contribution in [2.75, 3.05) is 13.1 Å². The van der Waals surface area contributed by atoms with Crippen LogP contribution in [0, 0.1) is 0 Å². The van der Waals surface area contributed by atoms with Gasteiger partial charge in [0.1, 0.15) is 11.5 Å². The van der Waals surface area contributed by atoms with E-state index in [9.17, 15) is 0 Å². The highest BCUT2D eigenvalue weighted by molar-refractivity contribution is 5.75. The second kappa shape index (κ2) is 7.48. The fourth-order valence-electron chi connectivity index (χ4n) is 4.08. The van der Waals surface area contributed by atoms with Crippen LogP contribution < -0.4 is 0 Å². The molecule has 0 amide bonds. The van der Waals surface area contributed by atoms with Crippen molar-refractivity contribution in [2.24, 2.45) is 0 Å². The largest absolute Gasteiger partial charge is 0.468 e. The van der Waals surface area contributed by atoms with E-state index in [-0.39, 0.29) is 6.04 Å². The van der Waals surface area contributed by atoms with Crippen molar-refractivity contribution < 1.29 is 4.42 Å². The molecule has 1 aliphatic heterocycles. The number of nitrogens with one attached hydrogen (secondary N) is 1. The fourth-order valence-corrected chi connectivity index (χ4v) is 4.08. The number of aromatic nitrogens is 4. The van der Waals surface area contributed by atoms with E-state index in [1.165, 1.54) is 12.8 Å². The molecule has 4 aromatic rings. The van der Waals surface area contributed by atoms with Crippen molar-refractivity contribution in [3.8, 4) is 22.8 Å². The molecular formula is C22H23N5O. The maximum Gasteiger partial charge on any atom is 0.156 e. The summed E-state index contributed by atoms with van der Waals surface area (Å²) in [5.41, 5.74) is 3.03. The lowest BCUT2D eigenvalue weighted by Crippen LogP contribution is -2.29. The number of aromatic amines is 1. The summed E-state index contributed by atoms with van der Waals surface area (Å²) in [7, 11) is 0. The molecular weight excluding hydrogens is 350 g/mol. The lowest BCUT2D eigenvalue weighted by atomic mass is 10.1. The van der Waals surface area contributed by atoms with Crippen LogP contribution in [0.25, 0.3) is 22.8 Å². The Hall–Kier alpha value is -3.12.